The summed E-state index contributed by atoms with van der Waals surface area (Å²) in [6, 6.07) is 12.2. The minimum absolute atomic E-state index is 0.131. The van der Waals surface area contributed by atoms with Crippen molar-refractivity contribution in [3.63, 3.8) is 0 Å². The van der Waals surface area contributed by atoms with Gasteiger partial charge in [-0.2, -0.15) is 0 Å². The smallest absolute Gasteiger partial charge is 0.270 e. The molecule has 0 amide bonds. The summed E-state index contributed by atoms with van der Waals surface area (Å²) >= 11 is 0. The molecule has 0 atom stereocenters. The summed E-state index contributed by atoms with van der Waals surface area (Å²) in [5, 5.41) is 11.1. The van der Waals surface area contributed by atoms with E-state index >= 15 is 0 Å². The Morgan fingerprint density at radius 1 is 1.00 bits per heavy atom. The molecule has 4 aromatic rings. The Hall–Kier alpha value is -3.81. The van der Waals surface area contributed by atoms with Crippen LogP contribution in [-0.4, -0.2) is 17.0 Å². The highest BCUT2D eigenvalue weighted by atomic mass is 19.1. The van der Waals surface area contributed by atoms with Crippen LogP contribution in [-0.2, 0) is 0 Å². The van der Waals surface area contributed by atoms with Gasteiger partial charge in [-0.15, -0.1) is 0 Å². The SMILES string of the molecule is COc1ccc([N+](=O)[O-])cc1-c1nc2cc(-c3cc(F)cc(F)c3)ccc2o1. The van der Waals surface area contributed by atoms with Gasteiger partial charge in [-0.1, -0.05) is 6.07 Å². The van der Waals surface area contributed by atoms with E-state index in [-0.39, 0.29) is 11.6 Å². The van der Waals surface area contributed by atoms with Gasteiger partial charge in [0.1, 0.15) is 22.9 Å². The second-order valence-corrected chi connectivity index (χ2v) is 6.00. The van der Waals surface area contributed by atoms with E-state index in [2.05, 4.69) is 4.98 Å². The van der Waals surface area contributed by atoms with E-state index in [0.717, 1.165) is 6.07 Å². The molecule has 6 nitrogen and oxygen atoms in total. The van der Waals surface area contributed by atoms with Gasteiger partial charge in [0.2, 0.25) is 5.89 Å². The number of methoxy groups -OCH3 is 1. The number of oxazole rings is 1. The van der Waals surface area contributed by atoms with Gasteiger partial charge in [-0.25, -0.2) is 13.8 Å². The number of aromatic nitrogens is 1. The maximum atomic E-state index is 13.5. The van der Waals surface area contributed by atoms with Crippen molar-refractivity contribution in [2.75, 3.05) is 7.11 Å². The lowest BCUT2D eigenvalue weighted by Gasteiger charge is -2.04. The zero-order chi connectivity index (χ0) is 19.8. The average Bonchev–Trinajstić information content (AvgIpc) is 3.09. The van der Waals surface area contributed by atoms with Crippen LogP contribution in [0.1, 0.15) is 0 Å². The highest BCUT2D eigenvalue weighted by Gasteiger charge is 2.18. The molecule has 1 aromatic heterocycles. The predicted molar refractivity (Wildman–Crippen MR) is 98.0 cm³/mol. The lowest BCUT2D eigenvalue weighted by atomic mass is 10.1. The van der Waals surface area contributed by atoms with Crippen LogP contribution in [0.15, 0.2) is 59.0 Å². The second kappa shape index (κ2) is 6.73. The maximum absolute atomic E-state index is 13.5. The van der Waals surface area contributed by atoms with Crippen LogP contribution in [0.25, 0.3) is 33.7 Å². The molecule has 0 unspecified atom stereocenters. The van der Waals surface area contributed by atoms with Crippen molar-refractivity contribution < 1.29 is 22.9 Å². The molecule has 0 bridgehead atoms. The summed E-state index contributed by atoms with van der Waals surface area (Å²) in [6.45, 7) is 0. The van der Waals surface area contributed by atoms with E-state index < -0.39 is 16.6 Å². The number of halogens is 2. The Labute approximate surface area is 157 Å². The van der Waals surface area contributed by atoms with Gasteiger partial charge in [-0.05, 0) is 41.5 Å². The first-order chi connectivity index (χ1) is 13.4. The topological polar surface area (TPSA) is 78.4 Å². The molecule has 0 spiro atoms. The summed E-state index contributed by atoms with van der Waals surface area (Å²) in [5.41, 5.74) is 1.96. The summed E-state index contributed by atoms with van der Waals surface area (Å²) in [4.78, 5) is 14.9. The van der Waals surface area contributed by atoms with Crippen LogP contribution < -0.4 is 4.74 Å². The highest BCUT2D eigenvalue weighted by molar-refractivity contribution is 5.83. The van der Waals surface area contributed by atoms with E-state index in [1.165, 1.54) is 37.4 Å². The van der Waals surface area contributed by atoms with Crippen molar-refractivity contribution in [3.05, 3.63) is 76.3 Å². The fraction of sp³-hybridized carbons (Fsp3) is 0.0500. The van der Waals surface area contributed by atoms with E-state index in [0.29, 0.717) is 33.5 Å². The van der Waals surface area contributed by atoms with E-state index in [1.54, 1.807) is 18.2 Å². The highest BCUT2D eigenvalue weighted by Crippen LogP contribution is 2.35. The first-order valence-electron chi connectivity index (χ1n) is 8.14. The van der Waals surface area contributed by atoms with Crippen LogP contribution in [0, 0.1) is 21.7 Å². The molecular formula is C20H12F2N2O4. The van der Waals surface area contributed by atoms with Gasteiger partial charge in [-0.3, -0.25) is 10.1 Å². The van der Waals surface area contributed by atoms with Gasteiger partial charge in [0.15, 0.2) is 5.58 Å². The first kappa shape index (κ1) is 17.6. The molecule has 0 saturated carbocycles. The molecule has 4 rings (SSSR count). The van der Waals surface area contributed by atoms with Crippen LogP contribution in [0.3, 0.4) is 0 Å². The monoisotopic (exact) mass is 382 g/mol. The lowest BCUT2D eigenvalue weighted by molar-refractivity contribution is -0.384. The number of fused-ring (bicyclic) bond motifs is 1. The minimum atomic E-state index is -0.683. The third kappa shape index (κ3) is 3.16. The normalized spacial score (nSPS) is 11.0. The number of benzene rings is 3. The molecular weight excluding hydrogens is 370 g/mol. The predicted octanol–water partition coefficient (Wildman–Crippen LogP) is 5.36. The summed E-state index contributed by atoms with van der Waals surface area (Å²) in [7, 11) is 1.43. The fourth-order valence-corrected chi connectivity index (χ4v) is 2.92. The lowest BCUT2D eigenvalue weighted by Crippen LogP contribution is -1.92. The fourth-order valence-electron chi connectivity index (χ4n) is 2.92. The molecule has 1 heterocycles. The summed E-state index contributed by atoms with van der Waals surface area (Å²) < 4.78 is 37.9. The Kier molecular flexibility index (Phi) is 4.23. The Balaban J connectivity index is 1.83. The van der Waals surface area contributed by atoms with E-state index in [4.69, 9.17) is 9.15 Å². The number of hydrogen-bond acceptors (Lipinski definition) is 5. The van der Waals surface area contributed by atoms with Crippen molar-refractivity contribution in [2.45, 2.75) is 0 Å². The van der Waals surface area contributed by atoms with Crippen molar-refractivity contribution in [1.29, 1.82) is 0 Å². The van der Waals surface area contributed by atoms with Crippen molar-refractivity contribution >= 4 is 16.8 Å². The molecule has 0 aliphatic carbocycles. The molecule has 0 aliphatic rings. The number of nitro groups is 1. The molecule has 0 fully saturated rings. The summed E-state index contributed by atoms with van der Waals surface area (Å²) in [6.07, 6.45) is 0. The molecule has 28 heavy (non-hydrogen) atoms. The number of non-ortho nitro benzene ring substituents is 1. The van der Waals surface area contributed by atoms with Gasteiger partial charge < -0.3 is 9.15 Å². The molecule has 3 aromatic carbocycles. The molecule has 140 valence electrons. The van der Waals surface area contributed by atoms with Crippen LogP contribution in [0.5, 0.6) is 5.75 Å². The Morgan fingerprint density at radius 3 is 2.43 bits per heavy atom. The van der Waals surface area contributed by atoms with Crippen molar-refractivity contribution in [1.82, 2.24) is 4.98 Å². The zero-order valence-corrected chi connectivity index (χ0v) is 14.5. The van der Waals surface area contributed by atoms with E-state index in [9.17, 15) is 18.9 Å². The Morgan fingerprint density at radius 2 is 1.75 bits per heavy atom. The molecule has 0 aliphatic heterocycles. The standard InChI is InChI=1S/C20H12F2N2O4/c1-27-18-5-3-15(24(25)26)10-16(18)20-23-17-8-11(2-4-19(17)28-20)12-6-13(21)9-14(22)7-12/h2-10H,1H3. The first-order valence-corrected chi connectivity index (χ1v) is 8.14. The Bertz CT molecular complexity index is 1200. The van der Waals surface area contributed by atoms with Crippen LogP contribution >= 0.6 is 0 Å². The summed E-state index contributed by atoms with van der Waals surface area (Å²) in [5.74, 6) is -0.864. The number of ether oxygens (including phenoxy) is 1. The second-order valence-electron chi connectivity index (χ2n) is 6.00. The minimum Gasteiger partial charge on any atom is -0.496 e. The third-order valence-electron chi connectivity index (χ3n) is 4.21. The van der Waals surface area contributed by atoms with Gasteiger partial charge in [0.25, 0.3) is 5.69 Å². The number of rotatable bonds is 4. The van der Waals surface area contributed by atoms with E-state index in [1.807, 2.05) is 0 Å². The number of hydrogen-bond donors (Lipinski definition) is 0. The molecule has 0 saturated heterocycles. The van der Waals surface area contributed by atoms with Crippen molar-refractivity contribution in [3.8, 4) is 28.3 Å². The van der Waals surface area contributed by atoms with Crippen LogP contribution in [0.4, 0.5) is 14.5 Å². The molecule has 8 heteroatoms. The van der Waals surface area contributed by atoms with Gasteiger partial charge >= 0.3 is 0 Å². The number of nitrogens with zero attached hydrogens (tertiary/aromatic N) is 2. The van der Waals surface area contributed by atoms with Gasteiger partial charge in [0.05, 0.1) is 17.6 Å². The average molecular weight is 382 g/mol. The maximum Gasteiger partial charge on any atom is 0.270 e. The largest absolute Gasteiger partial charge is 0.496 e. The number of nitro benzene ring substituents is 1. The van der Waals surface area contributed by atoms with Crippen LogP contribution in [0.2, 0.25) is 0 Å². The van der Waals surface area contributed by atoms with Crippen molar-refractivity contribution in [2.24, 2.45) is 0 Å². The van der Waals surface area contributed by atoms with Gasteiger partial charge in [0, 0.05) is 18.2 Å². The zero-order valence-electron chi connectivity index (χ0n) is 14.5. The molecule has 0 radical (unpaired) electrons. The molecule has 0 N–H and O–H groups in total. The quantitative estimate of drug-likeness (QED) is 0.351. The third-order valence-corrected chi connectivity index (χ3v) is 4.21.